The lowest BCUT2D eigenvalue weighted by Crippen LogP contribution is -2.03. The monoisotopic (exact) mass is 341 g/mol. The minimum atomic E-state index is -1.72. The van der Waals surface area contributed by atoms with Gasteiger partial charge in [0, 0.05) is 25.0 Å². The van der Waals surface area contributed by atoms with E-state index >= 15 is 0 Å². The van der Waals surface area contributed by atoms with Crippen molar-refractivity contribution in [1.82, 2.24) is 24.7 Å². The van der Waals surface area contributed by atoms with Gasteiger partial charge < -0.3 is 4.57 Å². The molecule has 10 heteroatoms. The fourth-order valence-corrected chi connectivity index (χ4v) is 2.64. The Balaban J connectivity index is 2.02. The zero-order chi connectivity index (χ0) is 16.6. The van der Waals surface area contributed by atoms with Crippen molar-refractivity contribution in [2.75, 3.05) is 0 Å². The Morgan fingerprint density at radius 1 is 0.957 bits per heavy atom. The maximum atomic E-state index is 13.7. The molecule has 3 rings (SSSR count). The van der Waals surface area contributed by atoms with Gasteiger partial charge in [-0.1, -0.05) is 0 Å². The van der Waals surface area contributed by atoms with Crippen LogP contribution < -0.4 is 0 Å². The summed E-state index contributed by atoms with van der Waals surface area (Å²) in [5.74, 6) is -6.19. The number of halogens is 4. The molecule has 23 heavy (non-hydrogen) atoms. The van der Waals surface area contributed by atoms with Gasteiger partial charge in [0.05, 0.1) is 4.90 Å². The van der Waals surface area contributed by atoms with Gasteiger partial charge in [-0.05, 0) is 23.9 Å². The van der Waals surface area contributed by atoms with E-state index in [9.17, 15) is 17.6 Å². The van der Waals surface area contributed by atoms with Crippen molar-refractivity contribution in [1.29, 1.82) is 0 Å². The average molecular weight is 341 g/mol. The summed E-state index contributed by atoms with van der Waals surface area (Å²) in [6, 6.07) is 3.34. The smallest absolute Gasteiger partial charge is 0.252 e. The van der Waals surface area contributed by atoms with Crippen LogP contribution in [-0.2, 0) is 7.05 Å². The predicted octanol–water partition coefficient (Wildman–Crippen LogP) is 2.98. The molecular weight excluding hydrogens is 334 g/mol. The largest absolute Gasteiger partial charge is 0.305 e. The van der Waals surface area contributed by atoms with E-state index in [1.165, 1.54) is 4.57 Å². The van der Waals surface area contributed by atoms with Gasteiger partial charge >= 0.3 is 0 Å². The Morgan fingerprint density at radius 2 is 1.57 bits per heavy atom. The number of hydrogen-bond donors (Lipinski definition) is 0. The number of hydrogen-bond acceptors (Lipinski definition) is 5. The fraction of sp³-hybridized carbons (Fsp3) is 0.0769. The zero-order valence-electron chi connectivity index (χ0n) is 11.5. The van der Waals surface area contributed by atoms with Crippen molar-refractivity contribution in [3.05, 3.63) is 48.1 Å². The lowest BCUT2D eigenvalue weighted by molar-refractivity contribution is 0.383. The normalized spacial score (nSPS) is 11.0. The average Bonchev–Trinajstić information content (AvgIpc) is 2.91. The van der Waals surface area contributed by atoms with Crippen molar-refractivity contribution in [2.45, 2.75) is 10.1 Å². The summed E-state index contributed by atoms with van der Waals surface area (Å²) in [6.07, 6.45) is 3.09. The van der Waals surface area contributed by atoms with Crippen LogP contribution in [0.15, 0.2) is 34.6 Å². The molecule has 0 atom stereocenters. The molecule has 5 nitrogen and oxygen atoms in total. The zero-order valence-corrected chi connectivity index (χ0v) is 12.3. The van der Waals surface area contributed by atoms with Gasteiger partial charge in [0.15, 0.2) is 22.6 Å². The van der Waals surface area contributed by atoms with E-state index in [1.807, 2.05) is 0 Å². The van der Waals surface area contributed by atoms with Crippen LogP contribution in [0.4, 0.5) is 17.6 Å². The van der Waals surface area contributed by atoms with Gasteiger partial charge in [0.25, 0.3) is 11.9 Å². The molecule has 3 aromatic rings. The van der Waals surface area contributed by atoms with Crippen LogP contribution in [0.3, 0.4) is 0 Å². The lowest BCUT2D eigenvalue weighted by Gasteiger charge is -2.06. The molecule has 0 aliphatic heterocycles. The SMILES string of the molecule is Cn1c(Sc2c(F)c(F)nc(F)c2F)nnc1-c1ccncc1. The second-order valence-electron chi connectivity index (χ2n) is 4.35. The molecule has 0 saturated carbocycles. The fourth-order valence-electron chi connectivity index (χ4n) is 1.81. The number of nitrogens with zero attached hydrogens (tertiary/aromatic N) is 5. The number of aromatic nitrogens is 5. The van der Waals surface area contributed by atoms with E-state index < -0.39 is 28.4 Å². The molecule has 0 saturated heterocycles. The van der Waals surface area contributed by atoms with E-state index in [0.717, 1.165) is 0 Å². The van der Waals surface area contributed by atoms with E-state index in [4.69, 9.17) is 0 Å². The first-order chi connectivity index (χ1) is 11.0. The van der Waals surface area contributed by atoms with E-state index in [2.05, 4.69) is 20.2 Å². The molecule has 0 aromatic carbocycles. The Hall–Kier alpha value is -2.49. The molecule has 0 amide bonds. The Kier molecular flexibility index (Phi) is 3.99. The molecule has 0 radical (unpaired) electrons. The van der Waals surface area contributed by atoms with Crippen LogP contribution in [0.5, 0.6) is 0 Å². The summed E-state index contributed by atoms with van der Waals surface area (Å²) < 4.78 is 55.0. The minimum Gasteiger partial charge on any atom is -0.305 e. The molecule has 0 N–H and O–H groups in total. The molecule has 0 aliphatic carbocycles. The first kappa shape index (κ1) is 15.4. The minimum absolute atomic E-state index is 0.0552. The second-order valence-corrected chi connectivity index (χ2v) is 5.33. The summed E-state index contributed by atoms with van der Waals surface area (Å²) >= 11 is 0.415. The molecule has 0 fully saturated rings. The van der Waals surface area contributed by atoms with Gasteiger partial charge in [-0.15, -0.1) is 10.2 Å². The van der Waals surface area contributed by atoms with Gasteiger partial charge in [0.2, 0.25) is 0 Å². The first-order valence-corrected chi connectivity index (χ1v) is 6.98. The van der Waals surface area contributed by atoms with Gasteiger partial charge in [-0.2, -0.15) is 13.8 Å². The van der Waals surface area contributed by atoms with Crippen LogP contribution in [-0.4, -0.2) is 24.7 Å². The van der Waals surface area contributed by atoms with E-state index in [-0.39, 0.29) is 5.16 Å². The van der Waals surface area contributed by atoms with Crippen molar-refractivity contribution in [3.63, 3.8) is 0 Å². The standard InChI is InChI=1S/C13H7F4N5S/c1-22-12(6-2-4-18-5-3-6)20-21-13(22)23-9-7(14)10(16)19-11(17)8(9)15/h2-5H,1H3. The summed E-state index contributed by atoms with van der Waals surface area (Å²) in [7, 11) is 1.56. The highest BCUT2D eigenvalue weighted by Gasteiger charge is 2.24. The van der Waals surface area contributed by atoms with E-state index in [1.54, 1.807) is 31.6 Å². The van der Waals surface area contributed by atoms with Crippen LogP contribution in [0.1, 0.15) is 0 Å². The quantitative estimate of drug-likeness (QED) is 0.541. The molecular formula is C13H7F4N5S. The number of rotatable bonds is 3. The van der Waals surface area contributed by atoms with Crippen molar-refractivity contribution in [2.24, 2.45) is 7.05 Å². The Labute approximate surface area is 131 Å². The molecule has 0 bridgehead atoms. The molecule has 0 aliphatic rings. The highest BCUT2D eigenvalue weighted by molar-refractivity contribution is 7.99. The first-order valence-electron chi connectivity index (χ1n) is 6.16. The van der Waals surface area contributed by atoms with Gasteiger partial charge in [-0.25, -0.2) is 8.78 Å². The molecule has 0 spiro atoms. The van der Waals surface area contributed by atoms with Gasteiger partial charge in [0.1, 0.15) is 0 Å². The molecule has 3 heterocycles. The van der Waals surface area contributed by atoms with Crippen LogP contribution in [0, 0.1) is 23.5 Å². The van der Waals surface area contributed by atoms with Gasteiger partial charge in [-0.3, -0.25) is 4.98 Å². The third-order valence-corrected chi connectivity index (χ3v) is 4.02. The maximum Gasteiger partial charge on any atom is 0.252 e. The third-order valence-electron chi connectivity index (χ3n) is 2.92. The van der Waals surface area contributed by atoms with Crippen molar-refractivity contribution < 1.29 is 17.6 Å². The van der Waals surface area contributed by atoms with Crippen LogP contribution >= 0.6 is 11.8 Å². The summed E-state index contributed by atoms with van der Waals surface area (Å²) in [6.45, 7) is 0. The van der Waals surface area contributed by atoms with Crippen LogP contribution in [0.25, 0.3) is 11.4 Å². The Bertz CT molecular complexity index is 842. The topological polar surface area (TPSA) is 56.5 Å². The summed E-state index contributed by atoms with van der Waals surface area (Å²) in [4.78, 5) is 5.50. The summed E-state index contributed by atoms with van der Waals surface area (Å²) in [5.41, 5.74) is 0.676. The molecule has 118 valence electrons. The summed E-state index contributed by atoms with van der Waals surface area (Å²) in [5, 5.41) is 7.74. The van der Waals surface area contributed by atoms with Crippen molar-refractivity contribution in [3.8, 4) is 11.4 Å². The van der Waals surface area contributed by atoms with E-state index in [0.29, 0.717) is 23.1 Å². The highest BCUT2D eigenvalue weighted by atomic mass is 32.2. The maximum absolute atomic E-state index is 13.7. The lowest BCUT2D eigenvalue weighted by atomic mass is 10.2. The van der Waals surface area contributed by atoms with Crippen molar-refractivity contribution >= 4 is 11.8 Å². The number of pyridine rings is 2. The van der Waals surface area contributed by atoms with Crippen LogP contribution in [0.2, 0.25) is 0 Å². The molecule has 3 aromatic heterocycles. The second kappa shape index (κ2) is 5.95. The molecule has 0 unspecified atom stereocenters. The third kappa shape index (κ3) is 2.77. The highest BCUT2D eigenvalue weighted by Crippen LogP contribution is 2.33. The Morgan fingerprint density at radius 3 is 2.17 bits per heavy atom. The predicted molar refractivity (Wildman–Crippen MR) is 72.4 cm³/mol.